The number of nitrogens with two attached hydrogens (primary N) is 1. The summed E-state index contributed by atoms with van der Waals surface area (Å²) in [6.07, 6.45) is 0. The van der Waals surface area contributed by atoms with E-state index in [0.717, 1.165) is 6.54 Å². The fourth-order valence-corrected chi connectivity index (χ4v) is 2.61. The highest BCUT2D eigenvalue weighted by Gasteiger charge is 2.27. The Labute approximate surface area is 122 Å². The fourth-order valence-electron chi connectivity index (χ4n) is 2.61. The molecule has 0 fully saturated rings. The van der Waals surface area contributed by atoms with E-state index in [1.165, 1.54) is 5.56 Å². The second-order valence-corrected chi connectivity index (χ2v) is 5.25. The number of hydrogen-bond acceptors (Lipinski definition) is 4. The highest BCUT2D eigenvalue weighted by atomic mass is 16.5. The van der Waals surface area contributed by atoms with Crippen molar-refractivity contribution in [2.45, 2.75) is 32.0 Å². The molecule has 0 saturated heterocycles. The minimum absolute atomic E-state index is 0.0357. The van der Waals surface area contributed by atoms with Crippen molar-refractivity contribution in [2.75, 3.05) is 34.0 Å². The second kappa shape index (κ2) is 9.08. The first-order valence-electron chi connectivity index (χ1n) is 7.16. The minimum Gasteiger partial charge on any atom is -0.383 e. The van der Waals surface area contributed by atoms with Gasteiger partial charge in [0.1, 0.15) is 0 Å². The maximum Gasteiger partial charge on any atom is 0.0615 e. The topological polar surface area (TPSA) is 47.7 Å². The van der Waals surface area contributed by atoms with Crippen LogP contribution >= 0.6 is 0 Å². The van der Waals surface area contributed by atoms with Crippen LogP contribution in [0.25, 0.3) is 0 Å². The predicted octanol–water partition coefficient (Wildman–Crippen LogP) is 2.06. The molecule has 3 atom stereocenters. The molecule has 0 amide bonds. The summed E-state index contributed by atoms with van der Waals surface area (Å²) in [5, 5.41) is 0. The van der Waals surface area contributed by atoms with Crippen molar-refractivity contribution in [1.82, 2.24) is 4.90 Å². The normalized spacial score (nSPS) is 16.1. The molecule has 0 aliphatic carbocycles. The molecule has 2 N–H and O–H groups in total. The highest BCUT2D eigenvalue weighted by Crippen LogP contribution is 2.25. The molecule has 0 heterocycles. The Balaban J connectivity index is 2.98. The molecule has 0 aliphatic rings. The Bertz CT molecular complexity index is 357. The van der Waals surface area contributed by atoms with E-state index in [-0.39, 0.29) is 18.1 Å². The summed E-state index contributed by atoms with van der Waals surface area (Å²) in [5.74, 6) is 0. The van der Waals surface area contributed by atoms with E-state index in [4.69, 9.17) is 15.2 Å². The summed E-state index contributed by atoms with van der Waals surface area (Å²) in [7, 11) is 3.46. The van der Waals surface area contributed by atoms with Crippen molar-refractivity contribution in [3.8, 4) is 0 Å². The van der Waals surface area contributed by atoms with Crippen molar-refractivity contribution in [2.24, 2.45) is 5.73 Å². The van der Waals surface area contributed by atoms with Crippen LogP contribution in [0.2, 0.25) is 0 Å². The largest absolute Gasteiger partial charge is 0.383 e. The third kappa shape index (κ3) is 4.87. The molecule has 4 nitrogen and oxygen atoms in total. The van der Waals surface area contributed by atoms with Gasteiger partial charge in [-0.3, -0.25) is 4.90 Å². The zero-order chi connectivity index (χ0) is 15.0. The third-order valence-corrected chi connectivity index (χ3v) is 3.52. The Morgan fingerprint density at radius 1 is 1.10 bits per heavy atom. The van der Waals surface area contributed by atoms with Gasteiger partial charge in [-0.1, -0.05) is 30.3 Å². The van der Waals surface area contributed by atoms with Gasteiger partial charge in [-0.25, -0.2) is 0 Å². The van der Waals surface area contributed by atoms with Gasteiger partial charge in [0, 0.05) is 32.8 Å². The van der Waals surface area contributed by atoms with Gasteiger partial charge in [-0.15, -0.1) is 0 Å². The summed E-state index contributed by atoms with van der Waals surface area (Å²) in [6.45, 7) is 6.42. The van der Waals surface area contributed by atoms with Crippen molar-refractivity contribution >= 4 is 0 Å². The molecule has 1 aromatic carbocycles. The molecule has 1 rings (SSSR count). The maximum absolute atomic E-state index is 6.25. The maximum atomic E-state index is 6.25. The van der Waals surface area contributed by atoms with Crippen LogP contribution in [0.5, 0.6) is 0 Å². The number of methoxy groups -OCH3 is 2. The molecule has 0 bridgehead atoms. The second-order valence-electron chi connectivity index (χ2n) is 5.25. The first-order valence-corrected chi connectivity index (χ1v) is 7.16. The van der Waals surface area contributed by atoms with E-state index < -0.39 is 0 Å². The number of nitrogens with zero attached hydrogens (tertiary/aromatic N) is 1. The number of rotatable bonds is 9. The van der Waals surface area contributed by atoms with Crippen LogP contribution in [0.1, 0.15) is 25.5 Å². The first kappa shape index (κ1) is 17.1. The van der Waals surface area contributed by atoms with E-state index in [1.54, 1.807) is 14.2 Å². The molecular weight excluding hydrogens is 252 g/mol. The van der Waals surface area contributed by atoms with Gasteiger partial charge in [0.2, 0.25) is 0 Å². The summed E-state index contributed by atoms with van der Waals surface area (Å²) >= 11 is 0. The lowest BCUT2D eigenvalue weighted by atomic mass is 9.97. The number of ether oxygens (including phenoxy) is 2. The first-order chi connectivity index (χ1) is 9.61. The van der Waals surface area contributed by atoms with Crippen LogP contribution < -0.4 is 5.73 Å². The molecule has 0 saturated carbocycles. The lowest BCUT2D eigenvalue weighted by Crippen LogP contribution is -2.47. The summed E-state index contributed by atoms with van der Waals surface area (Å²) in [4.78, 5) is 2.37. The lowest BCUT2D eigenvalue weighted by molar-refractivity contribution is 0.0400. The molecule has 0 radical (unpaired) electrons. The molecule has 1 aromatic rings. The zero-order valence-electron chi connectivity index (χ0n) is 13.1. The summed E-state index contributed by atoms with van der Waals surface area (Å²) < 4.78 is 10.6. The van der Waals surface area contributed by atoms with Crippen LogP contribution in [0.4, 0.5) is 0 Å². The van der Waals surface area contributed by atoms with Crippen LogP contribution in [0.15, 0.2) is 30.3 Å². The molecular formula is C16H28N2O2. The van der Waals surface area contributed by atoms with Crippen molar-refractivity contribution < 1.29 is 9.47 Å². The number of benzene rings is 1. The van der Waals surface area contributed by atoms with Gasteiger partial charge in [0.15, 0.2) is 0 Å². The van der Waals surface area contributed by atoms with Gasteiger partial charge < -0.3 is 15.2 Å². The fraction of sp³-hybridized carbons (Fsp3) is 0.625. The van der Waals surface area contributed by atoms with Crippen molar-refractivity contribution in [1.29, 1.82) is 0 Å². The van der Waals surface area contributed by atoms with Gasteiger partial charge in [0.05, 0.1) is 19.3 Å². The molecule has 20 heavy (non-hydrogen) atoms. The van der Waals surface area contributed by atoms with Crippen molar-refractivity contribution in [3.05, 3.63) is 35.9 Å². The Kier molecular flexibility index (Phi) is 7.77. The molecule has 4 heteroatoms. The molecule has 114 valence electrons. The average molecular weight is 280 g/mol. The monoisotopic (exact) mass is 280 g/mol. The SMILES string of the molecule is COCCN(C(C)COC)C(c1ccccc1)C(C)N. The van der Waals surface area contributed by atoms with Gasteiger partial charge in [-0.2, -0.15) is 0 Å². The molecule has 0 aliphatic heterocycles. The van der Waals surface area contributed by atoms with Crippen LogP contribution in [0.3, 0.4) is 0 Å². The van der Waals surface area contributed by atoms with E-state index in [0.29, 0.717) is 13.2 Å². The summed E-state index contributed by atoms with van der Waals surface area (Å²) in [6, 6.07) is 10.9. The van der Waals surface area contributed by atoms with E-state index in [9.17, 15) is 0 Å². The molecule has 0 aromatic heterocycles. The predicted molar refractivity (Wildman–Crippen MR) is 82.8 cm³/mol. The third-order valence-electron chi connectivity index (χ3n) is 3.52. The van der Waals surface area contributed by atoms with Crippen LogP contribution in [-0.4, -0.2) is 51.0 Å². The Hall–Kier alpha value is -0.940. The Morgan fingerprint density at radius 3 is 2.25 bits per heavy atom. The van der Waals surface area contributed by atoms with Crippen LogP contribution in [-0.2, 0) is 9.47 Å². The highest BCUT2D eigenvalue weighted by molar-refractivity contribution is 5.20. The molecule has 3 unspecified atom stereocenters. The minimum atomic E-state index is 0.0357. The van der Waals surface area contributed by atoms with Crippen molar-refractivity contribution in [3.63, 3.8) is 0 Å². The van der Waals surface area contributed by atoms with Gasteiger partial charge in [-0.05, 0) is 19.4 Å². The van der Waals surface area contributed by atoms with Gasteiger partial charge >= 0.3 is 0 Å². The standard InChI is InChI=1S/C16H28N2O2/c1-13(12-20-4)18(10-11-19-3)16(14(2)17)15-8-6-5-7-9-15/h5-9,13-14,16H,10-12,17H2,1-4H3. The number of hydrogen-bond donors (Lipinski definition) is 1. The van der Waals surface area contributed by atoms with E-state index >= 15 is 0 Å². The quantitative estimate of drug-likeness (QED) is 0.752. The zero-order valence-corrected chi connectivity index (χ0v) is 13.1. The average Bonchev–Trinajstić information content (AvgIpc) is 2.44. The Morgan fingerprint density at radius 2 is 1.75 bits per heavy atom. The molecule has 0 spiro atoms. The van der Waals surface area contributed by atoms with Gasteiger partial charge in [0.25, 0.3) is 0 Å². The smallest absolute Gasteiger partial charge is 0.0615 e. The van der Waals surface area contributed by atoms with E-state index in [2.05, 4.69) is 43.0 Å². The summed E-state index contributed by atoms with van der Waals surface area (Å²) in [5.41, 5.74) is 7.49. The lowest BCUT2D eigenvalue weighted by Gasteiger charge is -2.38. The van der Waals surface area contributed by atoms with Crippen LogP contribution in [0, 0.1) is 0 Å². The van der Waals surface area contributed by atoms with E-state index in [1.807, 2.05) is 6.07 Å².